The van der Waals surface area contributed by atoms with Crippen LogP contribution in [0, 0.1) is 11.8 Å². The van der Waals surface area contributed by atoms with Crippen LogP contribution in [0.3, 0.4) is 0 Å². The number of halogens is 3. The van der Waals surface area contributed by atoms with E-state index in [0.29, 0.717) is 13.1 Å². The van der Waals surface area contributed by atoms with E-state index in [1.54, 1.807) is 0 Å². The largest absolute Gasteiger partial charge is 0.408 e. The van der Waals surface area contributed by atoms with Crippen molar-refractivity contribution in [3.05, 3.63) is 5.82 Å². The van der Waals surface area contributed by atoms with E-state index >= 15 is 0 Å². The Morgan fingerprint density at radius 2 is 2.17 bits per heavy atom. The molecule has 1 aliphatic rings. The first kappa shape index (κ1) is 18.6. The van der Waals surface area contributed by atoms with E-state index in [1.165, 1.54) is 0 Å². The summed E-state index contributed by atoms with van der Waals surface area (Å²) in [6, 6.07) is 0. The number of carbonyl (C=O) groups excluding carboxylic acids is 1. The second kappa shape index (κ2) is 7.91. The number of rotatable bonds is 6. The van der Waals surface area contributed by atoms with Gasteiger partial charge in [0.05, 0.1) is 6.54 Å². The highest BCUT2D eigenvalue weighted by Crippen LogP contribution is 2.20. The minimum atomic E-state index is -4.35. The third-order valence-corrected chi connectivity index (χ3v) is 3.99. The molecule has 1 aliphatic heterocycles. The van der Waals surface area contributed by atoms with Crippen LogP contribution in [-0.2, 0) is 17.9 Å². The highest BCUT2D eigenvalue weighted by atomic mass is 19.4. The van der Waals surface area contributed by atoms with Crippen molar-refractivity contribution in [2.24, 2.45) is 11.8 Å². The summed E-state index contributed by atoms with van der Waals surface area (Å²) in [5, 5.41) is 13.4. The summed E-state index contributed by atoms with van der Waals surface area (Å²) < 4.78 is 38.3. The first-order chi connectivity index (χ1) is 11.2. The Morgan fingerprint density at radius 3 is 2.83 bits per heavy atom. The molecule has 136 valence electrons. The zero-order valence-corrected chi connectivity index (χ0v) is 13.9. The molecule has 1 aromatic heterocycles. The predicted molar refractivity (Wildman–Crippen MR) is 79.7 cm³/mol. The maximum Gasteiger partial charge on any atom is 0.408 e. The van der Waals surface area contributed by atoms with Crippen LogP contribution >= 0.6 is 0 Å². The van der Waals surface area contributed by atoms with Crippen LogP contribution in [-0.4, -0.2) is 56.8 Å². The van der Waals surface area contributed by atoms with Gasteiger partial charge in [-0.2, -0.15) is 13.2 Å². The SMILES string of the molecule is CC(C)C(=O)NC[C@H]1CCCN(Cc2nnnn2CC(F)(F)F)C1. The molecule has 1 amide bonds. The average molecular weight is 348 g/mol. The molecule has 0 spiro atoms. The number of tetrazole rings is 1. The topological polar surface area (TPSA) is 75.9 Å². The first-order valence-corrected chi connectivity index (χ1v) is 8.06. The lowest BCUT2D eigenvalue weighted by Gasteiger charge is -2.32. The lowest BCUT2D eigenvalue weighted by molar-refractivity contribution is -0.143. The summed E-state index contributed by atoms with van der Waals surface area (Å²) >= 11 is 0. The fourth-order valence-corrected chi connectivity index (χ4v) is 2.74. The van der Waals surface area contributed by atoms with Gasteiger partial charge in [-0.15, -0.1) is 5.10 Å². The van der Waals surface area contributed by atoms with Crippen molar-refractivity contribution in [1.82, 2.24) is 30.4 Å². The number of piperidine rings is 1. The first-order valence-electron chi connectivity index (χ1n) is 8.06. The summed E-state index contributed by atoms with van der Waals surface area (Å²) in [6.07, 6.45) is -2.43. The number of carbonyl (C=O) groups is 1. The Bertz CT molecular complexity index is 545. The Morgan fingerprint density at radius 1 is 1.42 bits per heavy atom. The van der Waals surface area contributed by atoms with Crippen LogP contribution < -0.4 is 5.32 Å². The number of amides is 1. The molecule has 0 aliphatic carbocycles. The number of nitrogens with zero attached hydrogens (tertiary/aromatic N) is 5. The molecular formula is C14H23F3N6O. The number of hydrogen-bond donors (Lipinski definition) is 1. The summed E-state index contributed by atoms with van der Waals surface area (Å²) in [7, 11) is 0. The predicted octanol–water partition coefficient (Wildman–Crippen LogP) is 1.22. The molecule has 1 atom stereocenters. The third-order valence-electron chi connectivity index (χ3n) is 3.99. The van der Waals surface area contributed by atoms with E-state index in [2.05, 4.69) is 20.8 Å². The fraction of sp³-hybridized carbons (Fsp3) is 0.857. The van der Waals surface area contributed by atoms with Gasteiger partial charge < -0.3 is 5.32 Å². The summed E-state index contributed by atoms with van der Waals surface area (Å²) in [4.78, 5) is 13.7. The van der Waals surface area contributed by atoms with Gasteiger partial charge in [-0.05, 0) is 35.7 Å². The fourth-order valence-electron chi connectivity index (χ4n) is 2.74. The molecule has 2 rings (SSSR count). The molecule has 1 saturated heterocycles. The maximum absolute atomic E-state index is 12.5. The van der Waals surface area contributed by atoms with Crippen molar-refractivity contribution in [3.8, 4) is 0 Å². The van der Waals surface area contributed by atoms with Crippen molar-refractivity contribution >= 4 is 5.91 Å². The van der Waals surface area contributed by atoms with E-state index in [-0.39, 0.29) is 30.1 Å². The van der Waals surface area contributed by atoms with Gasteiger partial charge in [0.15, 0.2) is 5.82 Å². The van der Waals surface area contributed by atoms with Crippen molar-refractivity contribution in [2.45, 2.75) is 46.0 Å². The third kappa shape index (κ3) is 5.73. The number of aromatic nitrogens is 4. The maximum atomic E-state index is 12.5. The summed E-state index contributed by atoms with van der Waals surface area (Å²) in [5.74, 6) is 0.450. The van der Waals surface area contributed by atoms with Gasteiger partial charge in [-0.3, -0.25) is 9.69 Å². The van der Waals surface area contributed by atoms with Gasteiger partial charge >= 0.3 is 6.18 Å². The Kier molecular flexibility index (Phi) is 6.14. The van der Waals surface area contributed by atoms with Gasteiger partial charge in [0.25, 0.3) is 0 Å². The molecule has 0 aromatic carbocycles. The van der Waals surface area contributed by atoms with Crippen LogP contribution in [0.2, 0.25) is 0 Å². The monoisotopic (exact) mass is 348 g/mol. The van der Waals surface area contributed by atoms with Crippen molar-refractivity contribution < 1.29 is 18.0 Å². The molecule has 10 heteroatoms. The van der Waals surface area contributed by atoms with Crippen molar-refractivity contribution in [3.63, 3.8) is 0 Å². The summed E-state index contributed by atoms with van der Waals surface area (Å²) in [6.45, 7) is 4.84. The number of likely N-dealkylation sites (tertiary alicyclic amines) is 1. The molecule has 0 unspecified atom stereocenters. The molecule has 7 nitrogen and oxygen atoms in total. The van der Waals surface area contributed by atoms with Gasteiger partial charge in [0.1, 0.15) is 6.54 Å². The minimum absolute atomic E-state index is 0.0150. The molecule has 1 fully saturated rings. The van der Waals surface area contributed by atoms with Gasteiger partial charge in [-0.25, -0.2) is 4.68 Å². The van der Waals surface area contributed by atoms with Crippen LogP contribution in [0.1, 0.15) is 32.5 Å². The van der Waals surface area contributed by atoms with Gasteiger partial charge in [0.2, 0.25) is 5.91 Å². The van der Waals surface area contributed by atoms with Crippen molar-refractivity contribution in [2.75, 3.05) is 19.6 Å². The highest BCUT2D eigenvalue weighted by Gasteiger charge is 2.31. The standard InChI is InChI=1S/C14H23F3N6O/c1-10(2)13(24)18-6-11-4-3-5-22(7-11)8-12-19-20-21-23(12)9-14(15,16)17/h10-11H,3-9H2,1-2H3,(H,18,24)/t11-/m1/s1. The molecule has 24 heavy (non-hydrogen) atoms. The lowest BCUT2D eigenvalue weighted by atomic mass is 9.97. The molecule has 0 radical (unpaired) electrons. The average Bonchev–Trinajstić information content (AvgIpc) is 2.90. The summed E-state index contributed by atoms with van der Waals surface area (Å²) in [5.41, 5.74) is 0. The lowest BCUT2D eigenvalue weighted by Crippen LogP contribution is -2.41. The normalized spacial score (nSPS) is 19.7. The molecule has 0 saturated carbocycles. The molecule has 1 aromatic rings. The van der Waals surface area contributed by atoms with E-state index in [1.807, 2.05) is 18.7 Å². The Hall–Kier alpha value is -1.71. The zero-order chi connectivity index (χ0) is 17.7. The number of nitrogens with one attached hydrogen (secondary N) is 1. The van der Waals surface area contributed by atoms with E-state index < -0.39 is 12.7 Å². The van der Waals surface area contributed by atoms with Gasteiger partial charge in [-0.1, -0.05) is 13.8 Å². The number of alkyl halides is 3. The van der Waals surface area contributed by atoms with Gasteiger partial charge in [0, 0.05) is 19.0 Å². The smallest absolute Gasteiger partial charge is 0.356 e. The van der Waals surface area contributed by atoms with E-state index in [0.717, 1.165) is 24.1 Å². The zero-order valence-electron chi connectivity index (χ0n) is 13.9. The molecule has 1 N–H and O–H groups in total. The van der Waals surface area contributed by atoms with Crippen molar-refractivity contribution in [1.29, 1.82) is 0 Å². The van der Waals surface area contributed by atoms with Crippen LogP contribution in [0.5, 0.6) is 0 Å². The minimum Gasteiger partial charge on any atom is -0.356 e. The molecular weight excluding hydrogens is 325 g/mol. The Labute approximate surface area is 138 Å². The second-order valence-corrected chi connectivity index (χ2v) is 6.51. The molecule has 2 heterocycles. The molecule has 0 bridgehead atoms. The Balaban J connectivity index is 1.87. The van der Waals surface area contributed by atoms with Crippen LogP contribution in [0.25, 0.3) is 0 Å². The number of hydrogen-bond acceptors (Lipinski definition) is 5. The van der Waals surface area contributed by atoms with Crippen LogP contribution in [0.15, 0.2) is 0 Å². The van der Waals surface area contributed by atoms with E-state index in [9.17, 15) is 18.0 Å². The second-order valence-electron chi connectivity index (χ2n) is 6.51. The van der Waals surface area contributed by atoms with E-state index in [4.69, 9.17) is 0 Å². The van der Waals surface area contributed by atoms with Crippen LogP contribution in [0.4, 0.5) is 13.2 Å². The highest BCUT2D eigenvalue weighted by molar-refractivity contribution is 5.77. The quantitative estimate of drug-likeness (QED) is 0.837.